The van der Waals surface area contributed by atoms with Crippen molar-refractivity contribution in [1.29, 1.82) is 0 Å². The van der Waals surface area contributed by atoms with E-state index in [2.05, 4.69) is 6.92 Å². The van der Waals surface area contributed by atoms with Crippen molar-refractivity contribution in [2.24, 2.45) is 0 Å². The van der Waals surface area contributed by atoms with Crippen molar-refractivity contribution in [3.63, 3.8) is 0 Å². The van der Waals surface area contributed by atoms with Gasteiger partial charge in [0.05, 0.1) is 11.0 Å². The molecule has 0 aromatic heterocycles. The lowest BCUT2D eigenvalue weighted by molar-refractivity contribution is 0.230. The number of benzene rings is 1. The third-order valence-corrected chi connectivity index (χ3v) is 4.81. The van der Waals surface area contributed by atoms with Gasteiger partial charge in [-0.25, -0.2) is 4.21 Å². The highest BCUT2D eigenvalue weighted by molar-refractivity contribution is 8.30. The van der Waals surface area contributed by atoms with Crippen LogP contribution in [0.4, 0.5) is 0 Å². The Hall–Kier alpha value is -0.450. The van der Waals surface area contributed by atoms with E-state index in [-0.39, 0.29) is 6.10 Å². The van der Waals surface area contributed by atoms with Gasteiger partial charge in [-0.2, -0.15) is 0 Å². The molecule has 1 aromatic rings. The third kappa shape index (κ3) is 4.74. The Morgan fingerprint density at radius 1 is 1.35 bits per heavy atom. The first kappa shape index (κ1) is 14.6. The maximum absolute atomic E-state index is 12.3. The largest absolute Gasteiger partial charge is 0.283 e. The lowest BCUT2D eigenvalue weighted by Crippen LogP contribution is -2.14. The molecule has 0 heterocycles. The molecular formula is C13H20O2S2. The Morgan fingerprint density at radius 2 is 1.94 bits per heavy atom. The smallest absolute Gasteiger partial charge is 0.173 e. The van der Waals surface area contributed by atoms with Crippen LogP contribution in [-0.2, 0) is 24.1 Å². The van der Waals surface area contributed by atoms with E-state index in [1.54, 1.807) is 12.1 Å². The van der Waals surface area contributed by atoms with Crippen LogP contribution in [0, 0.1) is 6.92 Å². The highest BCUT2D eigenvalue weighted by Gasteiger charge is 2.14. The molecule has 0 amide bonds. The average Bonchev–Trinajstić information content (AvgIpc) is 2.26. The van der Waals surface area contributed by atoms with Gasteiger partial charge < -0.3 is 0 Å². The molecule has 2 nitrogen and oxygen atoms in total. The zero-order chi connectivity index (χ0) is 12.9. The summed E-state index contributed by atoms with van der Waals surface area (Å²) in [5.74, 6) is 0. The molecule has 1 unspecified atom stereocenters. The van der Waals surface area contributed by atoms with Crippen molar-refractivity contribution in [1.82, 2.24) is 0 Å². The predicted molar refractivity (Wildman–Crippen MR) is 75.0 cm³/mol. The number of aryl methyl sites for hydroxylation is 1. The average molecular weight is 272 g/mol. The topological polar surface area (TPSA) is 26.3 Å². The van der Waals surface area contributed by atoms with E-state index in [0.29, 0.717) is 4.90 Å². The molecule has 2 atom stereocenters. The quantitative estimate of drug-likeness (QED) is 0.791. The van der Waals surface area contributed by atoms with E-state index < -0.39 is 8.77 Å². The molecule has 17 heavy (non-hydrogen) atoms. The second-order valence-corrected chi connectivity index (χ2v) is 7.20. The highest BCUT2D eigenvalue weighted by atomic mass is 32.8. The minimum Gasteiger partial charge on any atom is -0.283 e. The highest BCUT2D eigenvalue weighted by Crippen LogP contribution is 2.17. The third-order valence-electron chi connectivity index (χ3n) is 2.56. The van der Waals surface area contributed by atoms with Gasteiger partial charge in [0.1, 0.15) is 0 Å². The van der Waals surface area contributed by atoms with Crippen molar-refractivity contribution >= 4 is 20.0 Å². The summed E-state index contributed by atoms with van der Waals surface area (Å²) in [6.07, 6.45) is 3.02. The van der Waals surface area contributed by atoms with E-state index in [1.807, 2.05) is 26.0 Å². The molecule has 0 fully saturated rings. The van der Waals surface area contributed by atoms with E-state index in [9.17, 15) is 4.21 Å². The van der Waals surface area contributed by atoms with Crippen LogP contribution in [-0.4, -0.2) is 10.3 Å². The van der Waals surface area contributed by atoms with E-state index in [1.165, 1.54) is 0 Å². The molecule has 4 heteroatoms. The molecule has 0 saturated heterocycles. The summed E-state index contributed by atoms with van der Waals surface area (Å²) in [5.41, 5.74) is 1.12. The van der Waals surface area contributed by atoms with Crippen LogP contribution in [0.2, 0.25) is 0 Å². The first-order valence-corrected chi connectivity index (χ1v) is 8.36. The van der Waals surface area contributed by atoms with Crippen molar-refractivity contribution < 1.29 is 8.39 Å². The fraction of sp³-hybridized carbons (Fsp3) is 0.538. The van der Waals surface area contributed by atoms with Crippen LogP contribution in [0.15, 0.2) is 29.2 Å². The Bertz CT molecular complexity index is 435. The Kier molecular flexibility index (Phi) is 5.56. The molecule has 1 rings (SSSR count). The molecule has 0 bridgehead atoms. The standard InChI is InChI=1S/C13H20O2S2/c1-4-5-6-12(3)15-17(14,16)13-9-7-11(2)8-10-13/h7-10,12H,4-6H2,1-3H3/t12-,17?/m0/s1. The van der Waals surface area contributed by atoms with Gasteiger partial charge in [-0.05, 0) is 32.4 Å². The summed E-state index contributed by atoms with van der Waals surface area (Å²) in [7, 11) is -2.77. The molecule has 0 aliphatic heterocycles. The van der Waals surface area contributed by atoms with Crippen LogP contribution in [0.1, 0.15) is 38.7 Å². The summed E-state index contributed by atoms with van der Waals surface area (Å²) in [6.45, 7) is 6.03. The van der Waals surface area contributed by atoms with Gasteiger partial charge in [0.15, 0.2) is 8.77 Å². The fourth-order valence-corrected chi connectivity index (χ4v) is 3.36. The van der Waals surface area contributed by atoms with E-state index in [4.69, 9.17) is 15.4 Å². The summed E-state index contributed by atoms with van der Waals surface area (Å²) in [5, 5.41) is 0. The monoisotopic (exact) mass is 272 g/mol. The maximum Gasteiger partial charge on any atom is 0.173 e. The number of hydrogen-bond acceptors (Lipinski definition) is 3. The van der Waals surface area contributed by atoms with Gasteiger partial charge in [-0.1, -0.05) is 37.5 Å². The zero-order valence-electron chi connectivity index (χ0n) is 10.6. The summed E-state index contributed by atoms with van der Waals surface area (Å²) < 4.78 is 17.8. The van der Waals surface area contributed by atoms with Crippen molar-refractivity contribution in [2.45, 2.75) is 51.0 Å². The van der Waals surface area contributed by atoms with Crippen LogP contribution < -0.4 is 0 Å². The maximum atomic E-state index is 12.3. The molecule has 1 aromatic carbocycles. The molecule has 0 aliphatic carbocycles. The number of rotatable bonds is 6. The van der Waals surface area contributed by atoms with E-state index in [0.717, 1.165) is 24.8 Å². The molecule has 0 aliphatic rings. The van der Waals surface area contributed by atoms with Crippen LogP contribution in [0.3, 0.4) is 0 Å². The Labute approximate surface area is 109 Å². The molecule has 96 valence electrons. The normalized spacial score (nSPS) is 16.4. The minimum absolute atomic E-state index is 0.0544. The summed E-state index contributed by atoms with van der Waals surface area (Å²) in [6, 6.07) is 7.39. The molecular weight excluding hydrogens is 252 g/mol. The number of unbranched alkanes of at least 4 members (excludes halogenated alkanes) is 1. The zero-order valence-corrected chi connectivity index (χ0v) is 12.3. The second-order valence-electron chi connectivity index (χ2n) is 4.32. The Balaban J connectivity index is 2.71. The lowest BCUT2D eigenvalue weighted by Gasteiger charge is -2.14. The van der Waals surface area contributed by atoms with Gasteiger partial charge in [0.2, 0.25) is 0 Å². The van der Waals surface area contributed by atoms with E-state index >= 15 is 0 Å². The molecule has 0 saturated carbocycles. The second kappa shape index (κ2) is 6.47. The fourth-order valence-electron chi connectivity index (χ4n) is 1.52. The summed E-state index contributed by atoms with van der Waals surface area (Å²) >= 11 is 5.09. The van der Waals surface area contributed by atoms with Gasteiger partial charge in [0.25, 0.3) is 0 Å². The number of hydrogen-bond donors (Lipinski definition) is 0. The lowest BCUT2D eigenvalue weighted by atomic mass is 10.2. The van der Waals surface area contributed by atoms with Crippen LogP contribution >= 0.6 is 0 Å². The minimum atomic E-state index is -2.77. The Morgan fingerprint density at radius 3 is 2.47 bits per heavy atom. The molecule has 0 N–H and O–H groups in total. The van der Waals surface area contributed by atoms with Crippen molar-refractivity contribution in [3.05, 3.63) is 29.8 Å². The first-order chi connectivity index (χ1) is 7.95. The van der Waals surface area contributed by atoms with Crippen molar-refractivity contribution in [3.8, 4) is 0 Å². The van der Waals surface area contributed by atoms with Gasteiger partial charge in [0, 0.05) is 11.2 Å². The predicted octanol–water partition coefficient (Wildman–Crippen LogP) is 3.61. The first-order valence-electron chi connectivity index (χ1n) is 5.95. The van der Waals surface area contributed by atoms with Crippen molar-refractivity contribution in [2.75, 3.05) is 0 Å². The summed E-state index contributed by atoms with van der Waals surface area (Å²) in [4.78, 5) is 0.599. The molecule has 0 spiro atoms. The van der Waals surface area contributed by atoms with Crippen LogP contribution in [0.25, 0.3) is 0 Å². The SMILES string of the molecule is CCCC[C@H](C)OS(=O)(=S)c1ccc(C)cc1. The molecule has 0 radical (unpaired) electrons. The van der Waals surface area contributed by atoms with Gasteiger partial charge in [-0.3, -0.25) is 4.18 Å². The van der Waals surface area contributed by atoms with Crippen LogP contribution in [0.5, 0.6) is 0 Å². The van der Waals surface area contributed by atoms with Gasteiger partial charge >= 0.3 is 0 Å². The van der Waals surface area contributed by atoms with Gasteiger partial charge in [-0.15, -0.1) is 0 Å².